The Balaban J connectivity index is 1.77. The van der Waals surface area contributed by atoms with E-state index < -0.39 is 10.9 Å². The summed E-state index contributed by atoms with van der Waals surface area (Å²) in [6.45, 7) is 2.87. The lowest BCUT2D eigenvalue weighted by Gasteiger charge is -2.44. The summed E-state index contributed by atoms with van der Waals surface area (Å²) >= 11 is 0. The number of rotatable bonds is 4. The van der Waals surface area contributed by atoms with Gasteiger partial charge in [-0.15, -0.1) is 0 Å². The Morgan fingerprint density at radius 3 is 2.48 bits per heavy atom. The SMILES string of the molecule is O=C(O)c1cccc2c([N+](=O)[O-])ccc(C(=O)N[C@@H]3CN4CCC3CC4)c12. The molecule has 1 atom stereocenters. The Labute approximate surface area is 154 Å². The van der Waals surface area contributed by atoms with Crippen LogP contribution in [0.2, 0.25) is 0 Å². The van der Waals surface area contributed by atoms with Gasteiger partial charge in [0.1, 0.15) is 0 Å². The number of non-ortho nitro benzene ring substituents is 1. The van der Waals surface area contributed by atoms with Crippen molar-refractivity contribution in [3.8, 4) is 0 Å². The first kappa shape index (κ1) is 17.4. The summed E-state index contributed by atoms with van der Waals surface area (Å²) in [7, 11) is 0. The van der Waals surface area contributed by atoms with E-state index in [1.54, 1.807) is 0 Å². The van der Waals surface area contributed by atoms with Crippen molar-refractivity contribution < 1.29 is 19.6 Å². The van der Waals surface area contributed by atoms with Crippen LogP contribution in [-0.2, 0) is 0 Å². The highest BCUT2D eigenvalue weighted by Gasteiger charge is 2.35. The molecule has 2 N–H and O–H groups in total. The number of nitro groups is 1. The average molecular weight is 369 g/mol. The summed E-state index contributed by atoms with van der Waals surface area (Å²) in [6, 6.07) is 6.92. The summed E-state index contributed by atoms with van der Waals surface area (Å²) < 4.78 is 0. The fourth-order valence-electron chi connectivity index (χ4n) is 4.29. The van der Waals surface area contributed by atoms with Crippen LogP contribution in [0.15, 0.2) is 30.3 Å². The molecule has 0 radical (unpaired) electrons. The van der Waals surface area contributed by atoms with Crippen molar-refractivity contribution in [1.29, 1.82) is 0 Å². The number of carbonyl (C=O) groups is 2. The fourth-order valence-corrected chi connectivity index (χ4v) is 4.29. The number of aromatic carboxylic acids is 1. The third-order valence-electron chi connectivity index (χ3n) is 5.66. The standard InChI is InChI=1S/C19H19N3O5/c23-18(20-15-10-21-8-6-11(15)7-9-21)13-4-5-16(22(26)27)12-2-1-3-14(17(12)13)19(24)25/h1-5,11,15H,6-10H2,(H,20,23)(H,24,25)/t15-/m1/s1. The molecule has 1 amide bonds. The molecule has 2 bridgehead atoms. The molecule has 27 heavy (non-hydrogen) atoms. The number of carbonyl (C=O) groups excluding carboxylic acids is 1. The minimum absolute atomic E-state index is 0.0160. The first-order chi connectivity index (χ1) is 13.0. The second kappa shape index (κ2) is 6.62. The highest BCUT2D eigenvalue weighted by molar-refractivity contribution is 6.16. The van der Waals surface area contributed by atoms with E-state index in [9.17, 15) is 24.8 Å². The monoisotopic (exact) mass is 369 g/mol. The number of hydrogen-bond donors (Lipinski definition) is 2. The summed E-state index contributed by atoms with van der Waals surface area (Å²) in [6.07, 6.45) is 2.07. The summed E-state index contributed by atoms with van der Waals surface area (Å²) in [5.41, 5.74) is -0.173. The molecular formula is C19H19N3O5. The van der Waals surface area contributed by atoms with E-state index in [-0.39, 0.29) is 39.5 Å². The van der Waals surface area contributed by atoms with Crippen LogP contribution in [0, 0.1) is 16.0 Å². The van der Waals surface area contributed by atoms with Crippen molar-refractivity contribution in [2.45, 2.75) is 18.9 Å². The van der Waals surface area contributed by atoms with E-state index in [1.807, 2.05) is 0 Å². The molecule has 8 nitrogen and oxygen atoms in total. The molecule has 0 spiro atoms. The van der Waals surface area contributed by atoms with E-state index in [4.69, 9.17) is 0 Å². The van der Waals surface area contributed by atoms with Gasteiger partial charge in [0.15, 0.2) is 0 Å². The molecule has 2 aromatic carbocycles. The maximum absolute atomic E-state index is 13.0. The maximum atomic E-state index is 13.0. The number of benzene rings is 2. The van der Waals surface area contributed by atoms with Crippen LogP contribution < -0.4 is 5.32 Å². The van der Waals surface area contributed by atoms with E-state index in [0.29, 0.717) is 5.92 Å². The Morgan fingerprint density at radius 2 is 1.89 bits per heavy atom. The number of amides is 1. The van der Waals surface area contributed by atoms with Crippen LogP contribution in [-0.4, -0.2) is 52.5 Å². The van der Waals surface area contributed by atoms with E-state index in [2.05, 4.69) is 10.2 Å². The van der Waals surface area contributed by atoms with Gasteiger partial charge >= 0.3 is 5.97 Å². The van der Waals surface area contributed by atoms with Gasteiger partial charge in [-0.3, -0.25) is 14.9 Å². The zero-order chi connectivity index (χ0) is 19.1. The van der Waals surface area contributed by atoms with Gasteiger partial charge in [-0.1, -0.05) is 6.07 Å². The Morgan fingerprint density at radius 1 is 1.15 bits per heavy atom. The van der Waals surface area contributed by atoms with Gasteiger partial charge in [0.25, 0.3) is 11.6 Å². The van der Waals surface area contributed by atoms with Crippen molar-refractivity contribution in [2.24, 2.45) is 5.92 Å². The predicted molar refractivity (Wildman–Crippen MR) is 98.0 cm³/mol. The highest BCUT2D eigenvalue weighted by atomic mass is 16.6. The number of carboxylic acid groups (broad SMARTS) is 1. The lowest BCUT2D eigenvalue weighted by Crippen LogP contribution is -2.57. The van der Waals surface area contributed by atoms with Crippen molar-refractivity contribution in [2.75, 3.05) is 19.6 Å². The second-order valence-electron chi connectivity index (χ2n) is 7.14. The molecule has 2 aromatic rings. The number of fused-ring (bicyclic) bond motifs is 4. The number of nitrogens with one attached hydrogen (secondary N) is 1. The minimum atomic E-state index is -1.22. The number of nitro benzene ring substituents is 1. The zero-order valence-corrected chi connectivity index (χ0v) is 14.6. The molecule has 3 aliphatic heterocycles. The largest absolute Gasteiger partial charge is 0.478 e. The maximum Gasteiger partial charge on any atom is 0.336 e. The molecule has 0 saturated carbocycles. The van der Waals surface area contributed by atoms with Gasteiger partial charge in [0, 0.05) is 29.6 Å². The summed E-state index contributed by atoms with van der Waals surface area (Å²) in [5.74, 6) is -1.19. The first-order valence-electron chi connectivity index (χ1n) is 8.92. The molecule has 0 aromatic heterocycles. The summed E-state index contributed by atoms with van der Waals surface area (Å²) in [5, 5.41) is 24.1. The first-order valence-corrected chi connectivity index (χ1v) is 8.92. The van der Waals surface area contributed by atoms with Gasteiger partial charge < -0.3 is 15.3 Å². The lowest BCUT2D eigenvalue weighted by molar-refractivity contribution is -0.383. The van der Waals surface area contributed by atoms with Crippen LogP contribution in [0.25, 0.3) is 10.8 Å². The lowest BCUT2D eigenvalue weighted by atomic mass is 9.84. The summed E-state index contributed by atoms with van der Waals surface area (Å²) in [4.78, 5) is 37.7. The fraction of sp³-hybridized carbons (Fsp3) is 0.368. The topological polar surface area (TPSA) is 113 Å². The highest BCUT2D eigenvalue weighted by Crippen LogP contribution is 2.32. The molecule has 140 valence electrons. The van der Waals surface area contributed by atoms with Gasteiger partial charge in [-0.25, -0.2) is 4.79 Å². The molecule has 5 rings (SSSR count). The Hall–Kier alpha value is -3.00. The third-order valence-corrected chi connectivity index (χ3v) is 5.66. The van der Waals surface area contributed by atoms with Gasteiger partial charge in [-0.05, 0) is 50.0 Å². The molecule has 0 unspecified atom stereocenters. The van der Waals surface area contributed by atoms with E-state index in [0.717, 1.165) is 32.5 Å². The van der Waals surface area contributed by atoms with E-state index in [1.165, 1.54) is 30.3 Å². The van der Waals surface area contributed by atoms with Gasteiger partial charge in [0.05, 0.1) is 15.9 Å². The molecule has 3 fully saturated rings. The molecule has 8 heteroatoms. The number of nitrogens with zero attached hydrogens (tertiary/aromatic N) is 2. The minimum Gasteiger partial charge on any atom is -0.478 e. The number of hydrogen-bond acceptors (Lipinski definition) is 5. The van der Waals surface area contributed by atoms with Crippen molar-refractivity contribution >= 4 is 28.3 Å². The molecule has 3 saturated heterocycles. The average Bonchev–Trinajstić information content (AvgIpc) is 2.67. The number of piperidine rings is 3. The molecule has 0 aliphatic carbocycles. The normalized spacial score (nSPS) is 23.9. The molecular weight excluding hydrogens is 350 g/mol. The van der Waals surface area contributed by atoms with Crippen LogP contribution in [0.4, 0.5) is 5.69 Å². The molecule has 3 heterocycles. The smallest absolute Gasteiger partial charge is 0.336 e. The van der Waals surface area contributed by atoms with E-state index >= 15 is 0 Å². The second-order valence-corrected chi connectivity index (χ2v) is 7.14. The van der Waals surface area contributed by atoms with Crippen LogP contribution in [0.5, 0.6) is 0 Å². The van der Waals surface area contributed by atoms with Gasteiger partial charge in [0.2, 0.25) is 0 Å². The predicted octanol–water partition coefficient (Wildman–Crippen LogP) is 2.27. The quantitative estimate of drug-likeness (QED) is 0.631. The van der Waals surface area contributed by atoms with Crippen LogP contribution >= 0.6 is 0 Å². The van der Waals surface area contributed by atoms with Crippen molar-refractivity contribution in [3.05, 3.63) is 51.6 Å². The van der Waals surface area contributed by atoms with Crippen molar-refractivity contribution in [3.63, 3.8) is 0 Å². The van der Waals surface area contributed by atoms with Crippen LogP contribution in [0.1, 0.15) is 33.6 Å². The van der Waals surface area contributed by atoms with Gasteiger partial charge in [-0.2, -0.15) is 0 Å². The number of carboxylic acids is 1. The Kier molecular flexibility index (Phi) is 4.27. The third kappa shape index (κ3) is 3.02. The van der Waals surface area contributed by atoms with Crippen LogP contribution in [0.3, 0.4) is 0 Å². The van der Waals surface area contributed by atoms with Crippen molar-refractivity contribution in [1.82, 2.24) is 10.2 Å². The zero-order valence-electron chi connectivity index (χ0n) is 14.6. The molecule has 3 aliphatic rings. The Bertz CT molecular complexity index is 950.